The number of aryl methyl sites for hydroxylation is 1. The zero-order valence-corrected chi connectivity index (χ0v) is 25.8. The van der Waals surface area contributed by atoms with Crippen molar-refractivity contribution in [1.29, 1.82) is 0 Å². The number of rotatable bonds is 6. The normalized spacial score (nSPS) is 18.0. The number of amides is 1. The highest BCUT2D eigenvalue weighted by atomic mass is 19.1. The van der Waals surface area contributed by atoms with Gasteiger partial charge in [0.05, 0.1) is 11.2 Å². The van der Waals surface area contributed by atoms with Gasteiger partial charge in [-0.2, -0.15) is 0 Å². The molecule has 3 heterocycles. The first kappa shape index (κ1) is 28.5. The average molecular weight is 591 g/mol. The van der Waals surface area contributed by atoms with Crippen molar-refractivity contribution in [3.63, 3.8) is 0 Å². The second-order valence-electron chi connectivity index (χ2n) is 13.0. The Balaban J connectivity index is 1.15. The molecule has 7 heteroatoms. The van der Waals surface area contributed by atoms with E-state index < -0.39 is 0 Å². The topological polar surface area (TPSA) is 67.2 Å². The Morgan fingerprint density at radius 2 is 1.93 bits per heavy atom. The van der Waals surface area contributed by atoms with Gasteiger partial charge in [0.25, 0.3) is 11.5 Å². The summed E-state index contributed by atoms with van der Waals surface area (Å²) in [7, 11) is 3.41. The average Bonchev–Trinajstić information content (AvgIpc) is 3.78. The zero-order valence-electron chi connectivity index (χ0n) is 25.8. The number of anilines is 1. The van der Waals surface area contributed by atoms with Gasteiger partial charge in [0.2, 0.25) is 0 Å². The van der Waals surface area contributed by atoms with Crippen molar-refractivity contribution in [2.24, 2.45) is 5.92 Å². The van der Waals surface area contributed by atoms with E-state index in [0.29, 0.717) is 17.4 Å². The van der Waals surface area contributed by atoms with Crippen molar-refractivity contribution in [3.05, 3.63) is 104 Å². The molecule has 0 saturated heterocycles. The van der Waals surface area contributed by atoms with Crippen molar-refractivity contribution in [2.45, 2.75) is 64.2 Å². The SMILES string of the molecule is Cc1cc2nccc(-n3ccc4c(c3=O)CCN4)c2cc1CC1CCC=C(c2c(F)cc(C(=O)N(C)C)cc2C2CC2)CC1. The Morgan fingerprint density at radius 1 is 1.09 bits per heavy atom. The van der Waals surface area contributed by atoms with Crippen molar-refractivity contribution < 1.29 is 9.18 Å². The molecule has 7 rings (SSSR count). The van der Waals surface area contributed by atoms with Gasteiger partial charge in [-0.3, -0.25) is 19.1 Å². The molecule has 1 N–H and O–H groups in total. The molecule has 1 fully saturated rings. The number of pyridine rings is 2. The molecular weight excluding hydrogens is 551 g/mol. The summed E-state index contributed by atoms with van der Waals surface area (Å²) in [6.45, 7) is 2.94. The zero-order chi connectivity index (χ0) is 30.5. The van der Waals surface area contributed by atoms with Gasteiger partial charge in [-0.15, -0.1) is 0 Å². The molecule has 1 atom stereocenters. The van der Waals surface area contributed by atoms with Gasteiger partial charge < -0.3 is 10.2 Å². The van der Waals surface area contributed by atoms with Crippen molar-refractivity contribution in [1.82, 2.24) is 14.5 Å². The number of allylic oxidation sites excluding steroid dienone is 2. The standard InChI is InChI=1S/C37H39FN4O2/c1-22-17-33-30(34(12-15-40-33)42-16-13-32-28(37(42)44)11-14-39-32)19-26(22)18-23-5-4-6-25(8-7-23)35-29(24-9-10-24)20-27(21-31(35)38)36(43)41(2)3/h6,12-13,15-17,19-21,23-24,39H,4-5,7-11,14,18H2,1-3H3. The van der Waals surface area contributed by atoms with Crippen LogP contribution in [0, 0.1) is 18.7 Å². The lowest BCUT2D eigenvalue weighted by Gasteiger charge is -2.19. The van der Waals surface area contributed by atoms with E-state index in [1.54, 1.807) is 24.9 Å². The lowest BCUT2D eigenvalue weighted by Crippen LogP contribution is -2.22. The largest absolute Gasteiger partial charge is 0.384 e. The van der Waals surface area contributed by atoms with Gasteiger partial charge in [-0.1, -0.05) is 6.08 Å². The van der Waals surface area contributed by atoms with E-state index in [0.717, 1.165) is 102 Å². The molecule has 0 spiro atoms. The van der Waals surface area contributed by atoms with E-state index in [9.17, 15) is 9.59 Å². The Kier molecular flexibility index (Phi) is 7.35. The first-order chi connectivity index (χ1) is 21.3. The number of fused-ring (bicyclic) bond motifs is 2. The lowest BCUT2D eigenvalue weighted by molar-refractivity contribution is 0.0827. The van der Waals surface area contributed by atoms with E-state index in [1.165, 1.54) is 22.1 Å². The van der Waals surface area contributed by atoms with Crippen LogP contribution in [0.2, 0.25) is 0 Å². The second kappa shape index (κ2) is 11.3. The Labute approximate surface area is 257 Å². The highest BCUT2D eigenvalue weighted by molar-refractivity contribution is 5.95. The molecule has 1 aliphatic heterocycles. The fourth-order valence-corrected chi connectivity index (χ4v) is 7.16. The van der Waals surface area contributed by atoms with E-state index in [1.807, 2.05) is 24.4 Å². The molecule has 0 bridgehead atoms. The predicted octanol–water partition coefficient (Wildman–Crippen LogP) is 7.20. The molecule has 1 saturated carbocycles. The van der Waals surface area contributed by atoms with Crippen LogP contribution in [-0.2, 0) is 12.8 Å². The maximum Gasteiger partial charge on any atom is 0.260 e. The van der Waals surface area contributed by atoms with Crippen LogP contribution in [0.25, 0.3) is 22.2 Å². The number of carbonyl (C=O) groups excluding carboxylic acids is 1. The summed E-state index contributed by atoms with van der Waals surface area (Å²) in [5, 5.41) is 4.28. The quantitative estimate of drug-likeness (QED) is 0.258. The van der Waals surface area contributed by atoms with Gasteiger partial charge in [0, 0.05) is 60.8 Å². The highest BCUT2D eigenvalue weighted by Gasteiger charge is 2.31. The van der Waals surface area contributed by atoms with Crippen molar-refractivity contribution >= 4 is 28.1 Å². The molecule has 6 nitrogen and oxygen atoms in total. The maximum absolute atomic E-state index is 15.7. The van der Waals surface area contributed by atoms with Crippen LogP contribution in [0.15, 0.2) is 59.7 Å². The van der Waals surface area contributed by atoms with Crippen LogP contribution in [0.4, 0.5) is 10.1 Å². The molecule has 1 unspecified atom stereocenters. The molecule has 2 aliphatic carbocycles. The van der Waals surface area contributed by atoms with Gasteiger partial charge in [0.1, 0.15) is 5.82 Å². The molecule has 2 aromatic heterocycles. The third-order valence-corrected chi connectivity index (χ3v) is 9.73. The van der Waals surface area contributed by atoms with Gasteiger partial charge >= 0.3 is 0 Å². The second-order valence-corrected chi connectivity index (χ2v) is 13.0. The molecule has 2 aromatic carbocycles. The summed E-state index contributed by atoms with van der Waals surface area (Å²) in [6, 6.07) is 11.7. The number of benzene rings is 2. The molecule has 4 aromatic rings. The van der Waals surface area contributed by atoms with Crippen LogP contribution in [0.1, 0.15) is 82.6 Å². The molecular formula is C37H39FN4O2. The summed E-state index contributed by atoms with van der Waals surface area (Å²) in [6.07, 6.45) is 13.4. The van der Waals surface area contributed by atoms with Crippen LogP contribution < -0.4 is 10.9 Å². The van der Waals surface area contributed by atoms with Gasteiger partial charge in [0.15, 0.2) is 0 Å². The van der Waals surface area contributed by atoms with Crippen LogP contribution >= 0.6 is 0 Å². The number of hydrogen-bond donors (Lipinski definition) is 1. The van der Waals surface area contributed by atoms with Crippen molar-refractivity contribution in [3.8, 4) is 5.69 Å². The third kappa shape index (κ3) is 5.23. The number of halogens is 1. The molecule has 3 aliphatic rings. The smallest absolute Gasteiger partial charge is 0.260 e. The molecule has 226 valence electrons. The minimum Gasteiger partial charge on any atom is -0.384 e. The predicted molar refractivity (Wildman–Crippen MR) is 174 cm³/mol. The fourth-order valence-electron chi connectivity index (χ4n) is 7.16. The number of carbonyl (C=O) groups is 1. The first-order valence-corrected chi connectivity index (χ1v) is 15.9. The summed E-state index contributed by atoms with van der Waals surface area (Å²) in [5.74, 6) is 0.365. The third-order valence-electron chi connectivity index (χ3n) is 9.73. The molecule has 0 radical (unpaired) electrons. The van der Waals surface area contributed by atoms with Crippen LogP contribution in [0.5, 0.6) is 0 Å². The lowest BCUT2D eigenvalue weighted by atomic mass is 9.87. The number of hydrogen-bond acceptors (Lipinski definition) is 4. The Bertz CT molecular complexity index is 1890. The number of nitrogens with zero attached hydrogens (tertiary/aromatic N) is 3. The fraction of sp³-hybridized carbons (Fsp3) is 0.378. The number of nitrogens with one attached hydrogen (secondary N) is 1. The van der Waals surface area contributed by atoms with E-state index in [2.05, 4.69) is 35.4 Å². The van der Waals surface area contributed by atoms with Gasteiger partial charge in [-0.25, -0.2) is 4.39 Å². The van der Waals surface area contributed by atoms with E-state index in [-0.39, 0.29) is 17.3 Å². The van der Waals surface area contributed by atoms with Crippen LogP contribution in [0.3, 0.4) is 0 Å². The molecule has 44 heavy (non-hydrogen) atoms. The van der Waals surface area contributed by atoms with Crippen molar-refractivity contribution in [2.75, 3.05) is 26.0 Å². The van der Waals surface area contributed by atoms with E-state index in [4.69, 9.17) is 0 Å². The highest BCUT2D eigenvalue weighted by Crippen LogP contribution is 2.46. The summed E-state index contributed by atoms with van der Waals surface area (Å²) >= 11 is 0. The Hall–Kier alpha value is -4.26. The first-order valence-electron chi connectivity index (χ1n) is 15.9. The van der Waals surface area contributed by atoms with E-state index >= 15 is 4.39 Å². The Morgan fingerprint density at radius 3 is 2.73 bits per heavy atom. The molecule has 1 amide bonds. The summed E-state index contributed by atoms with van der Waals surface area (Å²) in [5.41, 5.74) is 9.28. The summed E-state index contributed by atoms with van der Waals surface area (Å²) in [4.78, 5) is 32.2. The minimum absolute atomic E-state index is 0.0291. The number of aromatic nitrogens is 2. The monoisotopic (exact) mass is 590 g/mol. The van der Waals surface area contributed by atoms with Crippen LogP contribution in [-0.4, -0.2) is 41.0 Å². The minimum atomic E-state index is -0.271. The summed E-state index contributed by atoms with van der Waals surface area (Å²) < 4.78 is 17.5. The maximum atomic E-state index is 15.7. The van der Waals surface area contributed by atoms with Gasteiger partial charge in [-0.05, 0) is 129 Å².